The summed E-state index contributed by atoms with van der Waals surface area (Å²) in [5, 5.41) is 8.70. The normalized spacial score (nSPS) is 13.0. The number of aromatic nitrogens is 2. The van der Waals surface area contributed by atoms with Crippen molar-refractivity contribution in [1.29, 1.82) is 0 Å². The van der Waals surface area contributed by atoms with Crippen molar-refractivity contribution < 1.29 is 9.90 Å². The highest BCUT2D eigenvalue weighted by molar-refractivity contribution is 8.00. The highest BCUT2D eigenvalue weighted by Crippen LogP contribution is 2.20. The van der Waals surface area contributed by atoms with Crippen molar-refractivity contribution in [2.24, 2.45) is 5.92 Å². The quantitative estimate of drug-likeness (QED) is 0.829. The van der Waals surface area contributed by atoms with Crippen molar-refractivity contribution in [2.75, 3.05) is 5.75 Å². The first-order chi connectivity index (χ1) is 7.52. The van der Waals surface area contributed by atoms with Gasteiger partial charge in [-0.1, -0.05) is 13.8 Å². The Kier molecular flexibility index (Phi) is 4.86. The van der Waals surface area contributed by atoms with E-state index in [0.29, 0.717) is 0 Å². The fourth-order valence-electron chi connectivity index (χ4n) is 1.47. The van der Waals surface area contributed by atoms with Gasteiger partial charge in [0.15, 0.2) is 0 Å². The molecule has 0 amide bonds. The van der Waals surface area contributed by atoms with Gasteiger partial charge in [0, 0.05) is 24.7 Å². The van der Waals surface area contributed by atoms with Crippen molar-refractivity contribution in [1.82, 2.24) is 9.55 Å². The Hall–Kier alpha value is -0.970. The van der Waals surface area contributed by atoms with Gasteiger partial charge >= 0.3 is 5.97 Å². The van der Waals surface area contributed by atoms with Crippen LogP contribution >= 0.6 is 11.8 Å². The van der Waals surface area contributed by atoms with Crippen LogP contribution in [0.1, 0.15) is 19.7 Å². The lowest BCUT2D eigenvalue weighted by atomic mass is 10.1. The zero-order chi connectivity index (χ0) is 12.1. The fraction of sp³-hybridized carbons (Fsp3) is 0.636. The molecule has 1 aromatic heterocycles. The van der Waals surface area contributed by atoms with Crippen LogP contribution in [0.25, 0.3) is 0 Å². The van der Waals surface area contributed by atoms with E-state index in [1.807, 2.05) is 31.5 Å². The molecule has 0 aliphatic heterocycles. The van der Waals surface area contributed by atoms with Crippen molar-refractivity contribution in [3.8, 4) is 0 Å². The molecule has 5 heteroatoms. The maximum Gasteiger partial charge on any atom is 0.316 e. The molecule has 1 N–H and O–H groups in total. The second-order valence-electron chi connectivity index (χ2n) is 4.04. The topological polar surface area (TPSA) is 55.1 Å². The first kappa shape index (κ1) is 13.1. The zero-order valence-corrected chi connectivity index (χ0v) is 10.7. The van der Waals surface area contributed by atoms with E-state index in [0.717, 1.165) is 18.1 Å². The molecule has 16 heavy (non-hydrogen) atoms. The van der Waals surface area contributed by atoms with E-state index in [9.17, 15) is 4.79 Å². The molecule has 90 valence electrons. The summed E-state index contributed by atoms with van der Waals surface area (Å²) in [4.78, 5) is 15.1. The minimum Gasteiger partial charge on any atom is -0.480 e. The number of nitrogens with zero attached hydrogens (tertiary/aromatic N) is 2. The lowest BCUT2D eigenvalue weighted by Crippen LogP contribution is -2.23. The van der Waals surface area contributed by atoms with E-state index in [2.05, 4.69) is 4.98 Å². The standard InChI is InChI=1S/C11H18N2O2S/c1-8(2)10(11(14)15)16-7-6-13-5-4-12-9(13)3/h4-5,8,10H,6-7H2,1-3H3,(H,14,15). The number of carboxylic acids is 1. The molecule has 0 aromatic carbocycles. The summed E-state index contributed by atoms with van der Waals surface area (Å²) in [5.41, 5.74) is 0. The Morgan fingerprint density at radius 1 is 1.62 bits per heavy atom. The van der Waals surface area contributed by atoms with Crippen LogP contribution in [-0.4, -0.2) is 31.6 Å². The smallest absolute Gasteiger partial charge is 0.316 e. The second kappa shape index (κ2) is 5.94. The minimum atomic E-state index is -0.720. The van der Waals surface area contributed by atoms with Crippen LogP contribution in [0.3, 0.4) is 0 Å². The Morgan fingerprint density at radius 2 is 2.31 bits per heavy atom. The van der Waals surface area contributed by atoms with Gasteiger partial charge < -0.3 is 9.67 Å². The molecular weight excluding hydrogens is 224 g/mol. The number of hydrogen-bond acceptors (Lipinski definition) is 3. The third-order valence-corrected chi connectivity index (χ3v) is 3.93. The highest BCUT2D eigenvalue weighted by atomic mass is 32.2. The van der Waals surface area contributed by atoms with Gasteiger partial charge in [-0.3, -0.25) is 4.79 Å². The molecule has 1 atom stereocenters. The van der Waals surface area contributed by atoms with E-state index in [4.69, 9.17) is 5.11 Å². The maximum absolute atomic E-state index is 11.0. The van der Waals surface area contributed by atoms with Gasteiger partial charge in [0.25, 0.3) is 0 Å². The fourth-order valence-corrected chi connectivity index (χ4v) is 2.55. The molecule has 0 spiro atoms. The van der Waals surface area contributed by atoms with Gasteiger partial charge in [0.05, 0.1) is 0 Å². The number of aliphatic carboxylic acids is 1. The summed E-state index contributed by atoms with van der Waals surface area (Å²) in [6.45, 7) is 6.64. The largest absolute Gasteiger partial charge is 0.480 e. The van der Waals surface area contributed by atoms with Gasteiger partial charge in [-0.25, -0.2) is 4.98 Å². The number of rotatable bonds is 6. The molecule has 0 radical (unpaired) electrons. The Bertz CT molecular complexity index is 350. The monoisotopic (exact) mass is 242 g/mol. The Labute approximate surface area is 100 Å². The first-order valence-corrected chi connectivity index (χ1v) is 6.39. The van der Waals surface area contributed by atoms with E-state index in [-0.39, 0.29) is 11.2 Å². The van der Waals surface area contributed by atoms with Gasteiger partial charge in [0.1, 0.15) is 11.1 Å². The van der Waals surface area contributed by atoms with Crippen LogP contribution in [0.15, 0.2) is 12.4 Å². The summed E-state index contributed by atoms with van der Waals surface area (Å²) in [6.07, 6.45) is 3.68. The summed E-state index contributed by atoms with van der Waals surface area (Å²) < 4.78 is 2.03. The summed E-state index contributed by atoms with van der Waals surface area (Å²) in [7, 11) is 0. The molecule has 0 bridgehead atoms. The molecule has 1 rings (SSSR count). The molecule has 4 nitrogen and oxygen atoms in total. The Balaban J connectivity index is 2.40. The van der Waals surface area contributed by atoms with Crippen LogP contribution in [-0.2, 0) is 11.3 Å². The molecule has 0 saturated heterocycles. The Morgan fingerprint density at radius 3 is 2.75 bits per heavy atom. The van der Waals surface area contributed by atoms with Crippen molar-refractivity contribution in [2.45, 2.75) is 32.6 Å². The van der Waals surface area contributed by atoms with E-state index in [1.54, 1.807) is 6.20 Å². The van der Waals surface area contributed by atoms with E-state index in [1.165, 1.54) is 11.8 Å². The number of hydrogen-bond donors (Lipinski definition) is 1. The average Bonchev–Trinajstić information content (AvgIpc) is 2.57. The maximum atomic E-state index is 11.0. The third kappa shape index (κ3) is 3.56. The number of aryl methyl sites for hydroxylation is 2. The number of imidazole rings is 1. The van der Waals surface area contributed by atoms with Gasteiger partial charge in [-0.15, -0.1) is 11.8 Å². The number of thioether (sulfide) groups is 1. The summed E-state index contributed by atoms with van der Waals surface area (Å²) >= 11 is 1.50. The lowest BCUT2D eigenvalue weighted by molar-refractivity contribution is -0.137. The minimum absolute atomic E-state index is 0.159. The molecule has 1 aromatic rings. The molecule has 0 fully saturated rings. The molecule has 0 saturated carbocycles. The van der Waals surface area contributed by atoms with Crippen LogP contribution in [0.5, 0.6) is 0 Å². The molecule has 1 heterocycles. The average molecular weight is 242 g/mol. The van der Waals surface area contributed by atoms with Crippen LogP contribution in [0.4, 0.5) is 0 Å². The van der Waals surface area contributed by atoms with Gasteiger partial charge in [-0.05, 0) is 12.8 Å². The van der Waals surface area contributed by atoms with E-state index >= 15 is 0 Å². The molecule has 0 aliphatic rings. The van der Waals surface area contributed by atoms with Crippen LogP contribution in [0, 0.1) is 12.8 Å². The molecule has 0 aliphatic carbocycles. The van der Waals surface area contributed by atoms with Crippen LogP contribution in [0.2, 0.25) is 0 Å². The van der Waals surface area contributed by atoms with Crippen molar-refractivity contribution >= 4 is 17.7 Å². The zero-order valence-electron chi connectivity index (χ0n) is 9.88. The molecule has 1 unspecified atom stereocenters. The number of carboxylic acid groups (broad SMARTS) is 1. The SMILES string of the molecule is Cc1nccn1CCSC(C(=O)O)C(C)C. The number of carbonyl (C=O) groups is 1. The van der Waals surface area contributed by atoms with Crippen molar-refractivity contribution in [3.05, 3.63) is 18.2 Å². The van der Waals surface area contributed by atoms with Gasteiger partial charge in [0.2, 0.25) is 0 Å². The predicted octanol–water partition coefficient (Wildman–Crippen LogP) is 2.03. The summed E-state index contributed by atoms with van der Waals surface area (Å²) in [5.74, 6) is 1.21. The second-order valence-corrected chi connectivity index (χ2v) is 5.29. The molecular formula is C11H18N2O2S. The highest BCUT2D eigenvalue weighted by Gasteiger charge is 2.21. The van der Waals surface area contributed by atoms with Crippen LogP contribution < -0.4 is 0 Å². The summed E-state index contributed by atoms with van der Waals surface area (Å²) in [6, 6.07) is 0. The predicted molar refractivity (Wildman–Crippen MR) is 65.7 cm³/mol. The van der Waals surface area contributed by atoms with Crippen molar-refractivity contribution in [3.63, 3.8) is 0 Å². The third-order valence-electron chi connectivity index (χ3n) is 2.40. The van der Waals surface area contributed by atoms with E-state index < -0.39 is 5.97 Å². The first-order valence-electron chi connectivity index (χ1n) is 5.34. The van der Waals surface area contributed by atoms with Gasteiger partial charge in [-0.2, -0.15) is 0 Å². The lowest BCUT2D eigenvalue weighted by Gasteiger charge is -2.15.